The molecule has 0 spiro atoms. The minimum atomic E-state index is 1.08. The van der Waals surface area contributed by atoms with E-state index in [1.165, 1.54) is 25.7 Å². The molecule has 0 fully saturated rings. The highest BCUT2D eigenvalue weighted by molar-refractivity contribution is 4.98. The molecular formula is C10H16N2. The number of nitrogens with zero attached hydrogens (tertiary/aromatic N) is 2. The number of rotatable bonds is 5. The number of aromatic nitrogens is 2. The molecule has 0 aliphatic carbocycles. The number of unbranched alkanes of at least 4 members (excludes halogenated alkanes) is 3. The summed E-state index contributed by atoms with van der Waals surface area (Å²) in [5.41, 5.74) is 1.12. The predicted molar refractivity (Wildman–Crippen MR) is 49.9 cm³/mol. The van der Waals surface area contributed by atoms with E-state index in [1.807, 2.05) is 12.1 Å². The third-order valence-electron chi connectivity index (χ3n) is 1.91. The Balaban J connectivity index is 2.16. The van der Waals surface area contributed by atoms with E-state index in [9.17, 15) is 0 Å². The lowest BCUT2D eigenvalue weighted by Crippen LogP contribution is -1.91. The van der Waals surface area contributed by atoms with Crippen molar-refractivity contribution in [2.45, 2.75) is 39.0 Å². The van der Waals surface area contributed by atoms with Gasteiger partial charge in [-0.15, -0.1) is 0 Å². The van der Waals surface area contributed by atoms with Crippen LogP contribution in [0.5, 0.6) is 0 Å². The normalized spacial score (nSPS) is 10.1. The van der Waals surface area contributed by atoms with Gasteiger partial charge in [-0.2, -0.15) is 10.2 Å². The van der Waals surface area contributed by atoms with Gasteiger partial charge in [0, 0.05) is 6.20 Å². The highest BCUT2D eigenvalue weighted by atomic mass is 15.1. The Morgan fingerprint density at radius 2 is 2.17 bits per heavy atom. The van der Waals surface area contributed by atoms with E-state index in [2.05, 4.69) is 17.1 Å². The maximum absolute atomic E-state index is 4.03. The van der Waals surface area contributed by atoms with Crippen molar-refractivity contribution in [3.8, 4) is 0 Å². The number of hydrogen-bond acceptors (Lipinski definition) is 2. The van der Waals surface area contributed by atoms with Gasteiger partial charge in [-0.05, 0) is 25.0 Å². The van der Waals surface area contributed by atoms with Crippen LogP contribution in [0.3, 0.4) is 0 Å². The van der Waals surface area contributed by atoms with Gasteiger partial charge in [0.15, 0.2) is 0 Å². The first-order valence-electron chi connectivity index (χ1n) is 4.70. The molecule has 66 valence electrons. The molecule has 0 unspecified atom stereocenters. The maximum Gasteiger partial charge on any atom is 0.0631 e. The molecule has 0 aromatic carbocycles. The molecule has 0 bridgehead atoms. The molecule has 2 heteroatoms. The summed E-state index contributed by atoms with van der Waals surface area (Å²) in [6.45, 7) is 2.22. The zero-order valence-electron chi connectivity index (χ0n) is 7.66. The largest absolute Gasteiger partial charge is 0.159 e. The van der Waals surface area contributed by atoms with Gasteiger partial charge in [-0.1, -0.05) is 26.2 Å². The molecule has 0 aliphatic rings. The van der Waals surface area contributed by atoms with Gasteiger partial charge in [0.25, 0.3) is 0 Å². The van der Waals surface area contributed by atoms with E-state index in [4.69, 9.17) is 0 Å². The van der Waals surface area contributed by atoms with Crippen LogP contribution in [0, 0.1) is 0 Å². The molecule has 1 heterocycles. The van der Waals surface area contributed by atoms with E-state index < -0.39 is 0 Å². The third kappa shape index (κ3) is 3.46. The number of hydrogen-bond donors (Lipinski definition) is 0. The fourth-order valence-electron chi connectivity index (χ4n) is 1.20. The van der Waals surface area contributed by atoms with Crippen LogP contribution in [0.2, 0.25) is 0 Å². The second kappa shape index (κ2) is 5.70. The zero-order chi connectivity index (χ0) is 8.65. The van der Waals surface area contributed by atoms with Crippen molar-refractivity contribution in [2.24, 2.45) is 0 Å². The van der Waals surface area contributed by atoms with Gasteiger partial charge < -0.3 is 0 Å². The average Bonchev–Trinajstić information content (AvgIpc) is 2.14. The smallest absolute Gasteiger partial charge is 0.0631 e. The van der Waals surface area contributed by atoms with Gasteiger partial charge >= 0.3 is 0 Å². The molecule has 1 aromatic rings. The molecule has 0 N–H and O–H groups in total. The first-order valence-corrected chi connectivity index (χ1v) is 4.70. The Hall–Kier alpha value is -0.920. The summed E-state index contributed by atoms with van der Waals surface area (Å²) in [6, 6.07) is 3.99. The third-order valence-corrected chi connectivity index (χ3v) is 1.91. The van der Waals surface area contributed by atoms with Crippen molar-refractivity contribution in [1.29, 1.82) is 0 Å². The summed E-state index contributed by atoms with van der Waals surface area (Å²) in [7, 11) is 0. The Bertz CT molecular complexity index is 196. The fraction of sp³-hybridized carbons (Fsp3) is 0.600. The predicted octanol–water partition coefficient (Wildman–Crippen LogP) is 2.60. The van der Waals surface area contributed by atoms with E-state index in [-0.39, 0.29) is 0 Å². The van der Waals surface area contributed by atoms with E-state index in [1.54, 1.807) is 6.20 Å². The molecule has 0 atom stereocenters. The Morgan fingerprint density at radius 1 is 1.25 bits per heavy atom. The van der Waals surface area contributed by atoms with Crippen LogP contribution in [0.4, 0.5) is 0 Å². The lowest BCUT2D eigenvalue weighted by Gasteiger charge is -1.97. The molecule has 0 amide bonds. The summed E-state index contributed by atoms with van der Waals surface area (Å²) in [5, 5.41) is 7.86. The standard InChI is InChI=1S/C10H16N2/c1-2-3-4-5-7-10-8-6-9-11-12-10/h6,8-9H,2-5,7H2,1H3. The fourth-order valence-corrected chi connectivity index (χ4v) is 1.20. The van der Waals surface area contributed by atoms with Crippen molar-refractivity contribution in [3.05, 3.63) is 24.0 Å². The summed E-state index contributed by atoms with van der Waals surface area (Å²) >= 11 is 0. The second-order valence-corrected chi connectivity index (χ2v) is 3.03. The first kappa shape index (κ1) is 9.17. The molecule has 1 aromatic heterocycles. The van der Waals surface area contributed by atoms with Gasteiger partial charge in [0.05, 0.1) is 5.69 Å². The SMILES string of the molecule is CCCCCCc1cccnn1. The van der Waals surface area contributed by atoms with Crippen LogP contribution >= 0.6 is 0 Å². The molecule has 0 radical (unpaired) electrons. The average molecular weight is 164 g/mol. The molecule has 0 aliphatic heterocycles. The van der Waals surface area contributed by atoms with Crippen molar-refractivity contribution >= 4 is 0 Å². The lowest BCUT2D eigenvalue weighted by atomic mass is 10.1. The molecule has 1 rings (SSSR count). The molecule has 0 saturated carbocycles. The summed E-state index contributed by atoms with van der Waals surface area (Å²) in [4.78, 5) is 0. The van der Waals surface area contributed by atoms with Crippen molar-refractivity contribution < 1.29 is 0 Å². The Morgan fingerprint density at radius 3 is 2.83 bits per heavy atom. The minimum absolute atomic E-state index is 1.08. The highest BCUT2D eigenvalue weighted by Crippen LogP contribution is 2.03. The lowest BCUT2D eigenvalue weighted by molar-refractivity contribution is 0.656. The van der Waals surface area contributed by atoms with Gasteiger partial charge in [0.1, 0.15) is 0 Å². The van der Waals surface area contributed by atoms with E-state index in [0.717, 1.165) is 12.1 Å². The minimum Gasteiger partial charge on any atom is -0.159 e. The zero-order valence-corrected chi connectivity index (χ0v) is 7.66. The van der Waals surface area contributed by atoms with Crippen LogP contribution in [0.1, 0.15) is 38.3 Å². The highest BCUT2D eigenvalue weighted by Gasteiger charge is 1.92. The summed E-state index contributed by atoms with van der Waals surface area (Å²) < 4.78 is 0. The van der Waals surface area contributed by atoms with E-state index >= 15 is 0 Å². The van der Waals surface area contributed by atoms with Gasteiger partial charge in [-0.25, -0.2) is 0 Å². The van der Waals surface area contributed by atoms with Crippen molar-refractivity contribution in [3.63, 3.8) is 0 Å². The Labute approximate surface area is 74.0 Å². The molecular weight excluding hydrogens is 148 g/mol. The first-order chi connectivity index (χ1) is 5.93. The molecule has 0 saturated heterocycles. The Kier molecular flexibility index (Phi) is 4.35. The van der Waals surface area contributed by atoms with Crippen molar-refractivity contribution in [1.82, 2.24) is 10.2 Å². The van der Waals surface area contributed by atoms with Gasteiger partial charge in [-0.3, -0.25) is 0 Å². The van der Waals surface area contributed by atoms with Crippen LogP contribution in [-0.4, -0.2) is 10.2 Å². The summed E-state index contributed by atoms with van der Waals surface area (Å²) in [5.74, 6) is 0. The topological polar surface area (TPSA) is 25.8 Å². The van der Waals surface area contributed by atoms with Gasteiger partial charge in [0.2, 0.25) is 0 Å². The van der Waals surface area contributed by atoms with Crippen LogP contribution in [-0.2, 0) is 6.42 Å². The molecule has 12 heavy (non-hydrogen) atoms. The van der Waals surface area contributed by atoms with E-state index in [0.29, 0.717) is 0 Å². The monoisotopic (exact) mass is 164 g/mol. The van der Waals surface area contributed by atoms with Crippen molar-refractivity contribution in [2.75, 3.05) is 0 Å². The quantitative estimate of drug-likeness (QED) is 0.625. The molecule has 2 nitrogen and oxygen atoms in total. The summed E-state index contributed by atoms with van der Waals surface area (Å²) in [6.07, 6.45) is 7.98. The maximum atomic E-state index is 4.03. The van der Waals surface area contributed by atoms with Crippen LogP contribution in [0.15, 0.2) is 18.3 Å². The second-order valence-electron chi connectivity index (χ2n) is 3.03. The number of aryl methyl sites for hydroxylation is 1. The van der Waals surface area contributed by atoms with Crippen LogP contribution < -0.4 is 0 Å². The van der Waals surface area contributed by atoms with Crippen LogP contribution in [0.25, 0.3) is 0 Å².